The van der Waals surface area contributed by atoms with E-state index in [0.717, 1.165) is 0 Å². The predicted molar refractivity (Wildman–Crippen MR) is 98.0 cm³/mol. The van der Waals surface area contributed by atoms with E-state index in [1.165, 1.54) is 32.1 Å². The molecule has 9 nitrogen and oxygen atoms in total. The van der Waals surface area contributed by atoms with Crippen molar-refractivity contribution in [1.29, 1.82) is 10.5 Å². The zero-order chi connectivity index (χ0) is 20.0. The second-order valence-electron chi connectivity index (χ2n) is 5.30. The molecular weight excluding hydrogens is 350 g/mol. The molecule has 0 aliphatic rings. The Morgan fingerprint density at radius 3 is 2.30 bits per heavy atom. The van der Waals surface area contributed by atoms with Crippen molar-refractivity contribution in [1.82, 2.24) is 9.78 Å². The maximum absolute atomic E-state index is 9.59. The van der Waals surface area contributed by atoms with Crippen LogP contribution in [0.15, 0.2) is 12.1 Å². The number of benzene rings is 1. The zero-order valence-electron chi connectivity index (χ0n) is 15.2. The molecule has 0 aliphatic heterocycles. The molecule has 1 aromatic heterocycles. The minimum atomic E-state index is -0.200. The van der Waals surface area contributed by atoms with Crippen LogP contribution in [0.25, 0.3) is 11.6 Å². The summed E-state index contributed by atoms with van der Waals surface area (Å²) in [6, 6.07) is 7.32. The number of nitrogen functional groups attached to an aromatic ring is 1. The van der Waals surface area contributed by atoms with Crippen molar-refractivity contribution in [3.63, 3.8) is 0 Å². The first-order valence-electron chi connectivity index (χ1n) is 7.83. The van der Waals surface area contributed by atoms with E-state index in [0.29, 0.717) is 22.8 Å². The normalized spacial score (nSPS) is 10.8. The highest BCUT2D eigenvalue weighted by Gasteiger charge is 2.19. The lowest BCUT2D eigenvalue weighted by atomic mass is 10.1. The molecule has 0 aliphatic carbocycles. The first-order chi connectivity index (χ1) is 13.0. The van der Waals surface area contributed by atoms with Crippen LogP contribution in [0, 0.1) is 22.7 Å². The van der Waals surface area contributed by atoms with Crippen molar-refractivity contribution >= 4 is 17.5 Å². The van der Waals surface area contributed by atoms with Crippen LogP contribution < -0.4 is 19.9 Å². The maximum Gasteiger partial charge on any atom is 0.203 e. The molecule has 2 aromatic rings. The monoisotopic (exact) mass is 369 g/mol. The molecule has 1 aromatic carbocycles. The molecule has 0 radical (unpaired) electrons. The Morgan fingerprint density at radius 1 is 1.22 bits per heavy atom. The van der Waals surface area contributed by atoms with Gasteiger partial charge in [0.25, 0.3) is 0 Å². The van der Waals surface area contributed by atoms with Gasteiger partial charge < -0.3 is 25.1 Å². The van der Waals surface area contributed by atoms with Crippen molar-refractivity contribution in [2.75, 3.05) is 33.7 Å². The number of nitrogens with two attached hydrogens (primary N) is 1. The van der Waals surface area contributed by atoms with Crippen LogP contribution in [0.1, 0.15) is 16.8 Å². The first kappa shape index (κ1) is 19.6. The van der Waals surface area contributed by atoms with Crippen LogP contribution >= 0.6 is 0 Å². The van der Waals surface area contributed by atoms with Crippen LogP contribution in [0.5, 0.6) is 17.2 Å². The average Bonchev–Trinajstić information content (AvgIpc) is 3.00. The predicted octanol–water partition coefficient (Wildman–Crippen LogP) is 1.42. The molecule has 0 spiro atoms. The fraction of sp³-hybridized carbons (Fsp3) is 0.278. The molecule has 3 N–H and O–H groups in total. The van der Waals surface area contributed by atoms with Crippen molar-refractivity contribution in [3.8, 4) is 29.4 Å². The topological polar surface area (TPSA) is 139 Å². The van der Waals surface area contributed by atoms with E-state index in [-0.39, 0.29) is 35.8 Å². The van der Waals surface area contributed by atoms with E-state index in [9.17, 15) is 10.5 Å². The number of aliphatic hydroxyl groups excluding tert-OH is 1. The number of anilines is 1. The van der Waals surface area contributed by atoms with E-state index in [2.05, 4.69) is 5.10 Å². The zero-order valence-corrected chi connectivity index (χ0v) is 15.2. The van der Waals surface area contributed by atoms with Crippen molar-refractivity contribution in [3.05, 3.63) is 29.0 Å². The standard InChI is InChI=1S/C18H19N5O4/c1-25-14-7-11(8-15(26-2)17(14)27-3)6-12(9-19)16-13(10-20)18(21)23(22-16)4-5-24/h6-8,24H,4-5,21H2,1-3H3. The molecule has 0 amide bonds. The van der Waals surface area contributed by atoms with Gasteiger partial charge in [0, 0.05) is 0 Å². The quantitative estimate of drug-likeness (QED) is 0.698. The minimum Gasteiger partial charge on any atom is -0.493 e. The lowest BCUT2D eigenvalue weighted by Gasteiger charge is -2.13. The van der Waals surface area contributed by atoms with E-state index in [4.69, 9.17) is 25.1 Å². The van der Waals surface area contributed by atoms with Gasteiger partial charge in [0.15, 0.2) is 11.5 Å². The minimum absolute atomic E-state index is 0.0729. The van der Waals surface area contributed by atoms with Gasteiger partial charge in [0.1, 0.15) is 29.2 Å². The van der Waals surface area contributed by atoms with Crippen molar-refractivity contribution in [2.24, 2.45) is 0 Å². The van der Waals surface area contributed by atoms with Crippen molar-refractivity contribution < 1.29 is 19.3 Å². The number of nitrogens with zero attached hydrogens (tertiary/aromatic N) is 4. The number of aliphatic hydroxyl groups is 1. The summed E-state index contributed by atoms with van der Waals surface area (Å²) in [6.45, 7) is -0.0852. The number of ether oxygens (including phenoxy) is 3. The fourth-order valence-electron chi connectivity index (χ4n) is 2.54. The van der Waals surface area contributed by atoms with Gasteiger partial charge in [-0.05, 0) is 23.8 Å². The molecule has 0 unspecified atom stereocenters. The molecule has 2 rings (SSSR count). The molecule has 1 heterocycles. The highest BCUT2D eigenvalue weighted by molar-refractivity contribution is 5.91. The van der Waals surface area contributed by atoms with Gasteiger partial charge >= 0.3 is 0 Å². The summed E-state index contributed by atoms with van der Waals surface area (Å²) in [5, 5.41) is 32.3. The Morgan fingerprint density at radius 2 is 1.85 bits per heavy atom. The largest absolute Gasteiger partial charge is 0.493 e. The smallest absolute Gasteiger partial charge is 0.203 e. The highest BCUT2D eigenvalue weighted by Crippen LogP contribution is 2.39. The van der Waals surface area contributed by atoms with Gasteiger partial charge in [-0.3, -0.25) is 0 Å². The maximum atomic E-state index is 9.59. The van der Waals surface area contributed by atoms with Crippen LogP contribution in [0.4, 0.5) is 5.82 Å². The third kappa shape index (κ3) is 3.78. The van der Waals surface area contributed by atoms with Gasteiger partial charge in [-0.15, -0.1) is 0 Å². The van der Waals surface area contributed by atoms with Crippen LogP contribution in [0.3, 0.4) is 0 Å². The van der Waals surface area contributed by atoms with Gasteiger partial charge in [-0.2, -0.15) is 15.6 Å². The third-order valence-electron chi connectivity index (χ3n) is 3.79. The molecule has 140 valence electrons. The van der Waals surface area contributed by atoms with E-state index in [1.54, 1.807) is 12.1 Å². The lowest BCUT2D eigenvalue weighted by molar-refractivity contribution is 0.270. The summed E-state index contributed by atoms with van der Waals surface area (Å²) in [4.78, 5) is 0. The number of hydrogen-bond donors (Lipinski definition) is 2. The summed E-state index contributed by atoms with van der Waals surface area (Å²) in [6.07, 6.45) is 1.54. The summed E-state index contributed by atoms with van der Waals surface area (Å²) < 4.78 is 17.2. The molecule has 0 bridgehead atoms. The molecule has 0 atom stereocenters. The van der Waals surface area contributed by atoms with E-state index < -0.39 is 0 Å². The number of hydrogen-bond acceptors (Lipinski definition) is 8. The SMILES string of the molecule is COc1cc(C=C(C#N)c2nn(CCO)c(N)c2C#N)cc(OC)c1OC. The molecular formula is C18H19N5O4. The second kappa shape index (κ2) is 8.61. The van der Waals surface area contributed by atoms with Gasteiger partial charge in [0.2, 0.25) is 5.75 Å². The number of aromatic nitrogens is 2. The van der Waals surface area contributed by atoms with Crippen LogP contribution in [-0.4, -0.2) is 42.8 Å². The molecule has 27 heavy (non-hydrogen) atoms. The number of nitriles is 2. The Labute approximate surface area is 156 Å². The molecule has 0 saturated heterocycles. The van der Waals surface area contributed by atoms with E-state index in [1.807, 2.05) is 12.1 Å². The van der Waals surface area contributed by atoms with Gasteiger partial charge in [0.05, 0.1) is 40.1 Å². The molecule has 0 saturated carbocycles. The Bertz CT molecular complexity index is 925. The number of allylic oxidation sites excluding steroid dienone is 1. The Hall–Kier alpha value is -3.69. The Kier molecular flexibility index (Phi) is 6.26. The highest BCUT2D eigenvalue weighted by atomic mass is 16.5. The number of rotatable bonds is 7. The van der Waals surface area contributed by atoms with Gasteiger partial charge in [-0.1, -0.05) is 0 Å². The third-order valence-corrected chi connectivity index (χ3v) is 3.79. The van der Waals surface area contributed by atoms with Crippen LogP contribution in [0.2, 0.25) is 0 Å². The molecule has 0 fully saturated rings. The van der Waals surface area contributed by atoms with E-state index >= 15 is 0 Å². The average molecular weight is 369 g/mol. The Balaban J connectivity index is 2.63. The first-order valence-corrected chi connectivity index (χ1v) is 7.83. The summed E-state index contributed by atoms with van der Waals surface area (Å²) in [5.74, 6) is 1.36. The molecule has 9 heteroatoms. The lowest BCUT2D eigenvalue weighted by Crippen LogP contribution is -2.07. The van der Waals surface area contributed by atoms with Crippen molar-refractivity contribution in [2.45, 2.75) is 6.54 Å². The van der Waals surface area contributed by atoms with Gasteiger partial charge in [-0.25, -0.2) is 4.68 Å². The van der Waals surface area contributed by atoms with Crippen LogP contribution in [-0.2, 0) is 6.54 Å². The fourth-order valence-corrected chi connectivity index (χ4v) is 2.54. The number of methoxy groups -OCH3 is 3. The summed E-state index contributed by atoms with van der Waals surface area (Å²) >= 11 is 0. The summed E-state index contributed by atoms with van der Waals surface area (Å²) in [7, 11) is 4.47. The second-order valence-corrected chi connectivity index (χ2v) is 5.30. The summed E-state index contributed by atoms with van der Waals surface area (Å²) in [5.41, 5.74) is 6.81.